The largest absolute Gasteiger partial charge is 0.455 e. The maximum absolute atomic E-state index is 6.49. The summed E-state index contributed by atoms with van der Waals surface area (Å²) in [6, 6.07) is 44.9. The van der Waals surface area contributed by atoms with Crippen LogP contribution in [0.25, 0.3) is 87.7 Å². The Morgan fingerprint density at radius 2 is 1.15 bits per heavy atom. The normalized spacial score (nSPS) is 11.9. The lowest BCUT2D eigenvalue weighted by molar-refractivity contribution is 0.670. The second-order valence-corrected chi connectivity index (χ2v) is 10.6. The van der Waals surface area contributed by atoms with Crippen LogP contribution in [0, 0.1) is 0 Å². The lowest BCUT2D eigenvalue weighted by atomic mass is 9.93. The van der Waals surface area contributed by atoms with Gasteiger partial charge in [-0.15, -0.1) is 0 Å². The minimum Gasteiger partial charge on any atom is -0.455 e. The number of rotatable bonds is 2. The summed E-state index contributed by atoms with van der Waals surface area (Å²) >= 11 is 0. The number of hydrogen-bond acceptors (Lipinski definition) is 3. The van der Waals surface area contributed by atoms with Crippen molar-refractivity contribution in [1.82, 2.24) is 9.97 Å². The molecule has 190 valence electrons. The summed E-state index contributed by atoms with van der Waals surface area (Å²) in [5.74, 6) is 0. The van der Waals surface area contributed by atoms with Crippen molar-refractivity contribution in [2.75, 3.05) is 0 Å². The second kappa shape index (κ2) is 8.48. The fourth-order valence-electron chi connectivity index (χ4n) is 6.25. The van der Waals surface area contributed by atoms with Crippen LogP contribution in [0.15, 0.2) is 138 Å². The van der Waals surface area contributed by atoms with Gasteiger partial charge in [0.2, 0.25) is 0 Å². The Morgan fingerprint density at radius 3 is 2.05 bits per heavy atom. The number of fused-ring (bicyclic) bond motifs is 8. The molecule has 0 N–H and O–H groups in total. The fraction of sp³-hybridized carbons (Fsp3) is 0. The summed E-state index contributed by atoms with van der Waals surface area (Å²) in [5, 5.41) is 9.24. The van der Waals surface area contributed by atoms with E-state index in [1.54, 1.807) is 0 Å². The maximum Gasteiger partial charge on any atom is 0.143 e. The number of benzene rings is 6. The average Bonchev–Trinajstić information content (AvgIpc) is 3.41. The van der Waals surface area contributed by atoms with Crippen molar-refractivity contribution in [3.05, 3.63) is 134 Å². The highest BCUT2D eigenvalue weighted by atomic mass is 16.3. The lowest BCUT2D eigenvalue weighted by Gasteiger charge is -2.11. The first-order valence-electron chi connectivity index (χ1n) is 13.8. The highest BCUT2D eigenvalue weighted by Gasteiger charge is 2.17. The van der Waals surface area contributed by atoms with Crippen molar-refractivity contribution in [2.45, 2.75) is 0 Å². The van der Waals surface area contributed by atoms with Crippen LogP contribution in [-0.2, 0) is 0 Å². The Balaban J connectivity index is 1.22. The van der Waals surface area contributed by atoms with Crippen LogP contribution in [0.1, 0.15) is 0 Å². The summed E-state index contributed by atoms with van der Waals surface area (Å²) in [7, 11) is 0. The van der Waals surface area contributed by atoms with Gasteiger partial charge in [0.05, 0.1) is 16.7 Å². The van der Waals surface area contributed by atoms with E-state index >= 15 is 0 Å². The van der Waals surface area contributed by atoms with Gasteiger partial charge in [-0.25, -0.2) is 4.98 Å². The van der Waals surface area contributed by atoms with Crippen molar-refractivity contribution in [3.63, 3.8) is 0 Å². The van der Waals surface area contributed by atoms with E-state index in [9.17, 15) is 0 Å². The molecule has 0 radical (unpaired) electrons. The van der Waals surface area contributed by atoms with Crippen LogP contribution < -0.4 is 0 Å². The van der Waals surface area contributed by atoms with Gasteiger partial charge in [-0.3, -0.25) is 4.98 Å². The molecule has 3 heteroatoms. The fourth-order valence-corrected chi connectivity index (χ4v) is 6.25. The molecule has 0 amide bonds. The molecular formula is C38H22N2O. The number of aromatic nitrogens is 2. The SMILES string of the molecule is c1ccc2c(-c3ccc4cc(-c5ccc6ccc7cccnc7c6n5)ccc4c3)c3oc4ccccc4c3cc2c1. The van der Waals surface area contributed by atoms with Gasteiger partial charge < -0.3 is 4.42 Å². The van der Waals surface area contributed by atoms with Crippen LogP contribution in [0.2, 0.25) is 0 Å². The third-order valence-corrected chi connectivity index (χ3v) is 8.25. The van der Waals surface area contributed by atoms with Gasteiger partial charge in [-0.05, 0) is 63.5 Å². The minimum atomic E-state index is 0.912. The van der Waals surface area contributed by atoms with E-state index < -0.39 is 0 Å². The van der Waals surface area contributed by atoms with E-state index in [0.717, 1.165) is 66.1 Å². The monoisotopic (exact) mass is 522 g/mol. The smallest absolute Gasteiger partial charge is 0.143 e. The third kappa shape index (κ3) is 3.39. The number of pyridine rings is 2. The predicted octanol–water partition coefficient (Wildman–Crippen LogP) is 10.3. The lowest BCUT2D eigenvalue weighted by Crippen LogP contribution is -1.89. The average molecular weight is 523 g/mol. The Morgan fingerprint density at radius 1 is 0.463 bits per heavy atom. The molecule has 0 unspecified atom stereocenters. The van der Waals surface area contributed by atoms with Crippen LogP contribution in [0.3, 0.4) is 0 Å². The molecule has 3 nitrogen and oxygen atoms in total. The van der Waals surface area contributed by atoms with Gasteiger partial charge in [0.15, 0.2) is 0 Å². The number of para-hydroxylation sites is 1. The number of nitrogens with zero attached hydrogens (tertiary/aromatic N) is 2. The van der Waals surface area contributed by atoms with Crippen molar-refractivity contribution < 1.29 is 4.42 Å². The standard InChI is InChI=1S/C38H22N2O/c1-2-8-30-27(6-1)22-32-31-9-3-4-10-34(31)41-38(32)35(30)29-16-14-25-20-28(15-13-26(25)21-29)33-18-17-24-12-11-23-7-5-19-39-36(23)37(24)40-33/h1-22H. The highest BCUT2D eigenvalue weighted by Crippen LogP contribution is 2.42. The van der Waals surface area contributed by atoms with Gasteiger partial charge in [-0.1, -0.05) is 91.0 Å². The summed E-state index contributed by atoms with van der Waals surface area (Å²) < 4.78 is 6.49. The molecule has 9 aromatic rings. The molecule has 3 heterocycles. The summed E-state index contributed by atoms with van der Waals surface area (Å²) in [6.45, 7) is 0. The summed E-state index contributed by atoms with van der Waals surface area (Å²) in [4.78, 5) is 9.68. The predicted molar refractivity (Wildman–Crippen MR) is 170 cm³/mol. The zero-order valence-corrected chi connectivity index (χ0v) is 22.0. The molecule has 3 aromatic heterocycles. The van der Waals surface area contributed by atoms with E-state index in [2.05, 4.69) is 114 Å². The Kier molecular flexibility index (Phi) is 4.61. The van der Waals surface area contributed by atoms with Gasteiger partial charge in [-0.2, -0.15) is 0 Å². The second-order valence-electron chi connectivity index (χ2n) is 10.6. The quantitative estimate of drug-likeness (QED) is 0.212. The molecule has 0 spiro atoms. The first-order valence-corrected chi connectivity index (χ1v) is 13.8. The molecular weight excluding hydrogens is 500 g/mol. The van der Waals surface area contributed by atoms with Crippen LogP contribution >= 0.6 is 0 Å². The molecule has 0 aliphatic rings. The van der Waals surface area contributed by atoms with Crippen molar-refractivity contribution in [1.29, 1.82) is 0 Å². The van der Waals surface area contributed by atoms with Gasteiger partial charge in [0.25, 0.3) is 0 Å². The van der Waals surface area contributed by atoms with Crippen LogP contribution in [-0.4, -0.2) is 9.97 Å². The third-order valence-electron chi connectivity index (χ3n) is 8.25. The Bertz CT molecular complexity index is 2490. The van der Waals surface area contributed by atoms with Gasteiger partial charge >= 0.3 is 0 Å². The number of furan rings is 1. The summed E-state index contributed by atoms with van der Waals surface area (Å²) in [5.41, 5.74) is 8.02. The van der Waals surface area contributed by atoms with Crippen molar-refractivity contribution in [2.24, 2.45) is 0 Å². The van der Waals surface area contributed by atoms with Gasteiger partial charge in [0, 0.05) is 38.9 Å². The molecule has 0 fully saturated rings. The van der Waals surface area contributed by atoms with Gasteiger partial charge in [0.1, 0.15) is 11.2 Å². The topological polar surface area (TPSA) is 38.9 Å². The van der Waals surface area contributed by atoms with Crippen LogP contribution in [0.4, 0.5) is 0 Å². The highest BCUT2D eigenvalue weighted by molar-refractivity contribution is 6.18. The first-order chi connectivity index (χ1) is 20.3. The molecule has 0 aliphatic carbocycles. The van der Waals surface area contributed by atoms with E-state index in [1.165, 1.54) is 21.5 Å². The molecule has 41 heavy (non-hydrogen) atoms. The molecule has 6 aromatic carbocycles. The van der Waals surface area contributed by atoms with Crippen molar-refractivity contribution >= 4 is 65.3 Å². The zero-order chi connectivity index (χ0) is 26.9. The molecule has 9 rings (SSSR count). The molecule has 0 saturated heterocycles. The summed E-state index contributed by atoms with van der Waals surface area (Å²) in [6.07, 6.45) is 1.83. The first kappa shape index (κ1) is 22.3. The minimum absolute atomic E-state index is 0.912. The molecule has 0 atom stereocenters. The van der Waals surface area contributed by atoms with E-state index in [1.807, 2.05) is 24.4 Å². The Hall–Kier alpha value is -5.54. The van der Waals surface area contributed by atoms with Crippen LogP contribution in [0.5, 0.6) is 0 Å². The Labute approximate surface area is 235 Å². The van der Waals surface area contributed by atoms with E-state index in [4.69, 9.17) is 9.40 Å². The maximum atomic E-state index is 6.49. The van der Waals surface area contributed by atoms with E-state index in [-0.39, 0.29) is 0 Å². The van der Waals surface area contributed by atoms with Crippen molar-refractivity contribution in [3.8, 4) is 22.4 Å². The molecule has 0 saturated carbocycles. The number of hydrogen-bond donors (Lipinski definition) is 0. The molecule has 0 aliphatic heterocycles. The van der Waals surface area contributed by atoms with E-state index in [0.29, 0.717) is 0 Å². The zero-order valence-electron chi connectivity index (χ0n) is 22.0. The molecule has 0 bridgehead atoms.